The SMILES string of the molecule is CN=C(NCC1CCCOC1c1ccc(C)cc1)N1CCC(OCC2CCCC2)CC1.I. The maximum atomic E-state index is 6.25. The van der Waals surface area contributed by atoms with Crippen molar-refractivity contribution >= 4 is 29.9 Å². The summed E-state index contributed by atoms with van der Waals surface area (Å²) in [5, 5.41) is 3.67. The van der Waals surface area contributed by atoms with E-state index in [9.17, 15) is 0 Å². The molecule has 2 aliphatic heterocycles. The predicted molar refractivity (Wildman–Crippen MR) is 142 cm³/mol. The number of likely N-dealkylation sites (tertiary alicyclic amines) is 1. The zero-order chi connectivity index (χ0) is 21.5. The summed E-state index contributed by atoms with van der Waals surface area (Å²) in [5.41, 5.74) is 2.59. The second-order valence-electron chi connectivity index (χ2n) is 9.70. The van der Waals surface area contributed by atoms with E-state index >= 15 is 0 Å². The lowest BCUT2D eigenvalue weighted by Gasteiger charge is -2.36. The Bertz CT molecular complexity index is 698. The first-order valence-corrected chi connectivity index (χ1v) is 12.5. The molecule has 2 saturated heterocycles. The number of nitrogens with one attached hydrogen (secondary N) is 1. The van der Waals surface area contributed by atoms with E-state index in [4.69, 9.17) is 9.47 Å². The van der Waals surface area contributed by atoms with Gasteiger partial charge in [0.15, 0.2) is 5.96 Å². The average Bonchev–Trinajstić information content (AvgIpc) is 3.33. The number of piperidine rings is 1. The molecule has 5 nitrogen and oxygen atoms in total. The van der Waals surface area contributed by atoms with Gasteiger partial charge >= 0.3 is 0 Å². The zero-order valence-corrected chi connectivity index (χ0v) is 22.3. The van der Waals surface area contributed by atoms with Crippen molar-refractivity contribution in [2.24, 2.45) is 16.8 Å². The summed E-state index contributed by atoms with van der Waals surface area (Å²) in [5.74, 6) is 2.31. The van der Waals surface area contributed by atoms with Crippen LogP contribution in [0.1, 0.15) is 68.6 Å². The van der Waals surface area contributed by atoms with Crippen molar-refractivity contribution in [3.8, 4) is 0 Å². The first-order valence-electron chi connectivity index (χ1n) is 12.5. The molecule has 2 unspecified atom stereocenters. The van der Waals surface area contributed by atoms with E-state index in [1.807, 2.05) is 7.05 Å². The zero-order valence-electron chi connectivity index (χ0n) is 19.9. The second kappa shape index (κ2) is 13.1. The maximum Gasteiger partial charge on any atom is 0.193 e. The highest BCUT2D eigenvalue weighted by molar-refractivity contribution is 14.0. The molecule has 1 aliphatic carbocycles. The molecule has 4 rings (SSSR count). The number of nitrogens with zero attached hydrogens (tertiary/aromatic N) is 2. The summed E-state index contributed by atoms with van der Waals surface area (Å²) in [4.78, 5) is 6.99. The third kappa shape index (κ3) is 7.07. The number of benzene rings is 1. The van der Waals surface area contributed by atoms with Gasteiger partial charge in [-0.3, -0.25) is 4.99 Å². The number of hydrogen-bond donors (Lipinski definition) is 1. The molecule has 1 aromatic rings. The normalized spacial score (nSPS) is 25.6. The van der Waals surface area contributed by atoms with Gasteiger partial charge in [-0.1, -0.05) is 42.7 Å². The van der Waals surface area contributed by atoms with Gasteiger partial charge in [0.2, 0.25) is 0 Å². The molecule has 2 atom stereocenters. The number of ether oxygens (including phenoxy) is 2. The number of rotatable bonds is 6. The number of hydrogen-bond acceptors (Lipinski definition) is 3. The highest BCUT2D eigenvalue weighted by atomic mass is 127. The van der Waals surface area contributed by atoms with Crippen LogP contribution >= 0.6 is 24.0 Å². The minimum Gasteiger partial charge on any atom is -0.378 e. The van der Waals surface area contributed by atoms with E-state index < -0.39 is 0 Å². The van der Waals surface area contributed by atoms with Crippen molar-refractivity contribution in [2.75, 3.05) is 39.9 Å². The molecule has 0 spiro atoms. The molecule has 1 saturated carbocycles. The van der Waals surface area contributed by atoms with Crippen molar-refractivity contribution in [1.29, 1.82) is 0 Å². The van der Waals surface area contributed by atoms with E-state index in [1.54, 1.807) is 0 Å². The smallest absolute Gasteiger partial charge is 0.193 e. The number of halogens is 1. The average molecular weight is 556 g/mol. The third-order valence-electron chi connectivity index (χ3n) is 7.37. The monoisotopic (exact) mass is 555 g/mol. The van der Waals surface area contributed by atoms with Gasteiger partial charge in [0.25, 0.3) is 0 Å². The quantitative estimate of drug-likeness (QED) is 0.293. The van der Waals surface area contributed by atoms with Gasteiger partial charge in [-0.15, -0.1) is 24.0 Å². The van der Waals surface area contributed by atoms with Gasteiger partial charge in [0.1, 0.15) is 0 Å². The highest BCUT2D eigenvalue weighted by Crippen LogP contribution is 2.33. The van der Waals surface area contributed by atoms with E-state index in [1.165, 1.54) is 43.2 Å². The lowest BCUT2D eigenvalue weighted by atomic mass is 9.89. The summed E-state index contributed by atoms with van der Waals surface area (Å²) in [6.45, 7) is 6.92. The Morgan fingerprint density at radius 3 is 2.47 bits per heavy atom. The van der Waals surface area contributed by atoms with Crippen LogP contribution < -0.4 is 5.32 Å². The van der Waals surface area contributed by atoms with Gasteiger partial charge in [-0.25, -0.2) is 0 Å². The molecule has 6 heteroatoms. The van der Waals surface area contributed by atoms with Gasteiger partial charge in [-0.2, -0.15) is 0 Å². The van der Waals surface area contributed by atoms with Gasteiger partial charge < -0.3 is 19.7 Å². The van der Waals surface area contributed by atoms with Crippen LogP contribution in [0, 0.1) is 18.8 Å². The van der Waals surface area contributed by atoms with Crippen LogP contribution in [0.15, 0.2) is 29.3 Å². The van der Waals surface area contributed by atoms with Crippen molar-refractivity contribution in [1.82, 2.24) is 10.2 Å². The van der Waals surface area contributed by atoms with Crippen LogP contribution in [-0.4, -0.2) is 56.9 Å². The molecular weight excluding hydrogens is 513 g/mol. The summed E-state index contributed by atoms with van der Waals surface area (Å²) in [6.07, 6.45) is 10.7. The van der Waals surface area contributed by atoms with Crippen molar-refractivity contribution in [2.45, 2.75) is 70.5 Å². The number of aryl methyl sites for hydroxylation is 1. The summed E-state index contributed by atoms with van der Waals surface area (Å²) in [6, 6.07) is 8.83. The third-order valence-corrected chi connectivity index (χ3v) is 7.37. The van der Waals surface area contributed by atoms with Crippen LogP contribution in [-0.2, 0) is 9.47 Å². The Labute approximate surface area is 211 Å². The Balaban J connectivity index is 0.00000289. The molecule has 3 fully saturated rings. The van der Waals surface area contributed by atoms with Crippen LogP contribution in [0.3, 0.4) is 0 Å². The van der Waals surface area contributed by atoms with E-state index in [-0.39, 0.29) is 30.1 Å². The van der Waals surface area contributed by atoms with Gasteiger partial charge in [-0.05, 0) is 56.9 Å². The Hall–Kier alpha value is -0.860. The first-order chi connectivity index (χ1) is 15.2. The summed E-state index contributed by atoms with van der Waals surface area (Å²) >= 11 is 0. The fourth-order valence-corrected chi connectivity index (χ4v) is 5.42. The Morgan fingerprint density at radius 1 is 1.06 bits per heavy atom. The summed E-state index contributed by atoms with van der Waals surface area (Å²) in [7, 11) is 1.90. The van der Waals surface area contributed by atoms with E-state index in [0.717, 1.165) is 64.0 Å². The second-order valence-corrected chi connectivity index (χ2v) is 9.70. The molecule has 1 N–H and O–H groups in total. The molecule has 2 heterocycles. The molecule has 32 heavy (non-hydrogen) atoms. The van der Waals surface area contributed by atoms with Crippen LogP contribution in [0.2, 0.25) is 0 Å². The molecule has 180 valence electrons. The van der Waals surface area contributed by atoms with Crippen molar-refractivity contribution in [3.63, 3.8) is 0 Å². The van der Waals surface area contributed by atoms with Crippen LogP contribution in [0.25, 0.3) is 0 Å². The van der Waals surface area contributed by atoms with Crippen LogP contribution in [0.5, 0.6) is 0 Å². The maximum absolute atomic E-state index is 6.25. The number of guanidine groups is 1. The lowest BCUT2D eigenvalue weighted by Crippen LogP contribution is -2.48. The molecule has 1 aromatic carbocycles. The molecule has 0 bridgehead atoms. The molecule has 0 aromatic heterocycles. The van der Waals surface area contributed by atoms with Crippen molar-refractivity contribution < 1.29 is 9.47 Å². The standard InChI is InChI=1S/C26H41N3O2.HI/c1-20-9-11-22(12-10-20)25-23(8-5-17-30-25)18-28-26(27-2)29-15-13-24(14-16-29)31-19-21-6-3-4-7-21;/h9-12,21,23-25H,3-8,13-19H2,1-2H3,(H,27,28);1H. The van der Waals surface area contributed by atoms with E-state index in [0.29, 0.717) is 12.0 Å². The van der Waals surface area contributed by atoms with E-state index in [2.05, 4.69) is 46.4 Å². The van der Waals surface area contributed by atoms with Gasteiger partial charge in [0, 0.05) is 45.8 Å². The highest BCUT2D eigenvalue weighted by Gasteiger charge is 2.29. The fourth-order valence-electron chi connectivity index (χ4n) is 5.42. The van der Waals surface area contributed by atoms with Crippen LogP contribution in [0.4, 0.5) is 0 Å². The predicted octanol–water partition coefficient (Wildman–Crippen LogP) is 5.33. The lowest BCUT2D eigenvalue weighted by molar-refractivity contribution is -0.0269. The van der Waals surface area contributed by atoms with Crippen molar-refractivity contribution in [3.05, 3.63) is 35.4 Å². The molecule has 0 radical (unpaired) electrons. The minimum atomic E-state index is 0. The fraction of sp³-hybridized carbons (Fsp3) is 0.731. The van der Waals surface area contributed by atoms with Gasteiger partial charge in [0.05, 0.1) is 12.2 Å². The topological polar surface area (TPSA) is 46.1 Å². The summed E-state index contributed by atoms with van der Waals surface area (Å²) < 4.78 is 12.5. The minimum absolute atomic E-state index is 0. The molecule has 0 amide bonds. The first kappa shape index (κ1) is 25.8. The largest absolute Gasteiger partial charge is 0.378 e. The Morgan fingerprint density at radius 2 is 1.78 bits per heavy atom. The molecule has 3 aliphatic rings. The number of aliphatic imine (C=N–C) groups is 1. The Kier molecular flexibility index (Phi) is 10.6. The molecular formula is C26H42IN3O2.